The normalized spacial score (nSPS) is 22.5. The highest BCUT2D eigenvalue weighted by Gasteiger charge is 2.21. The summed E-state index contributed by atoms with van der Waals surface area (Å²) >= 11 is 0. The van der Waals surface area contributed by atoms with Crippen LogP contribution in [0.4, 0.5) is 0 Å². The Hall–Kier alpha value is -1.55. The van der Waals surface area contributed by atoms with Crippen molar-refractivity contribution in [3.05, 3.63) is 29.3 Å². The second-order valence-corrected chi connectivity index (χ2v) is 5.21. The molecule has 0 radical (unpaired) electrons. The lowest BCUT2D eigenvalue weighted by Crippen LogP contribution is -2.33. The van der Waals surface area contributed by atoms with Crippen molar-refractivity contribution < 1.29 is 14.3 Å². The van der Waals surface area contributed by atoms with Crippen LogP contribution in [-0.2, 0) is 11.3 Å². The number of benzene rings is 1. The van der Waals surface area contributed by atoms with Crippen LogP contribution in [-0.4, -0.2) is 25.2 Å². The molecule has 2 aliphatic rings. The molecular formula is C15H19NO3. The van der Waals surface area contributed by atoms with Gasteiger partial charge in [-0.1, -0.05) is 12.8 Å². The average molecular weight is 261 g/mol. The van der Waals surface area contributed by atoms with Crippen molar-refractivity contribution in [1.29, 1.82) is 0 Å². The van der Waals surface area contributed by atoms with E-state index in [9.17, 15) is 4.79 Å². The van der Waals surface area contributed by atoms with Crippen molar-refractivity contribution in [2.75, 3.05) is 13.2 Å². The standard InChI is InChI=1S/C15H19NO3/c17-15-14-6-5-13(8-11(14)9-19-15)18-10-12-4-2-1-3-7-16-12/h5-6,8,12,16H,1-4,7,9-10H2/t12-/m1/s1. The number of hydrogen-bond acceptors (Lipinski definition) is 4. The molecule has 0 unspecified atom stereocenters. The minimum Gasteiger partial charge on any atom is -0.492 e. The van der Waals surface area contributed by atoms with E-state index < -0.39 is 0 Å². The van der Waals surface area contributed by atoms with Crippen LogP contribution in [0.3, 0.4) is 0 Å². The van der Waals surface area contributed by atoms with E-state index in [0.29, 0.717) is 24.8 Å². The summed E-state index contributed by atoms with van der Waals surface area (Å²) in [6, 6.07) is 5.99. The first-order valence-corrected chi connectivity index (χ1v) is 6.99. The van der Waals surface area contributed by atoms with Gasteiger partial charge in [0.25, 0.3) is 0 Å². The number of nitrogens with one attached hydrogen (secondary N) is 1. The Balaban J connectivity index is 1.59. The summed E-state index contributed by atoms with van der Waals surface area (Å²) < 4.78 is 10.8. The zero-order valence-electron chi connectivity index (χ0n) is 11.0. The van der Waals surface area contributed by atoms with Crippen molar-refractivity contribution in [2.24, 2.45) is 0 Å². The van der Waals surface area contributed by atoms with Crippen molar-refractivity contribution in [2.45, 2.75) is 38.3 Å². The highest BCUT2D eigenvalue weighted by atomic mass is 16.5. The van der Waals surface area contributed by atoms with Gasteiger partial charge in [-0.2, -0.15) is 0 Å². The first kappa shape index (κ1) is 12.5. The van der Waals surface area contributed by atoms with Gasteiger partial charge in [0.15, 0.2) is 0 Å². The number of hydrogen-bond donors (Lipinski definition) is 1. The number of fused-ring (bicyclic) bond motifs is 1. The molecule has 0 aromatic heterocycles. The summed E-state index contributed by atoms with van der Waals surface area (Å²) in [6.45, 7) is 2.14. The molecule has 0 amide bonds. The van der Waals surface area contributed by atoms with E-state index in [4.69, 9.17) is 9.47 Å². The van der Waals surface area contributed by atoms with Gasteiger partial charge in [0.1, 0.15) is 19.0 Å². The highest BCUT2D eigenvalue weighted by Crippen LogP contribution is 2.24. The van der Waals surface area contributed by atoms with Crippen LogP contribution < -0.4 is 10.1 Å². The lowest BCUT2D eigenvalue weighted by Gasteiger charge is -2.16. The monoisotopic (exact) mass is 261 g/mol. The maximum atomic E-state index is 11.3. The molecule has 1 atom stereocenters. The van der Waals surface area contributed by atoms with Gasteiger partial charge < -0.3 is 14.8 Å². The van der Waals surface area contributed by atoms with E-state index in [1.54, 1.807) is 6.07 Å². The van der Waals surface area contributed by atoms with Crippen LogP contribution >= 0.6 is 0 Å². The Morgan fingerprint density at radius 1 is 1.32 bits per heavy atom. The quantitative estimate of drug-likeness (QED) is 0.848. The summed E-state index contributed by atoms with van der Waals surface area (Å²) in [6.07, 6.45) is 5.01. The first-order valence-electron chi connectivity index (χ1n) is 6.99. The van der Waals surface area contributed by atoms with Crippen LogP contribution in [0.1, 0.15) is 41.6 Å². The summed E-state index contributed by atoms with van der Waals surface area (Å²) in [7, 11) is 0. The smallest absolute Gasteiger partial charge is 0.338 e. The van der Waals surface area contributed by atoms with Crippen LogP contribution in [0.2, 0.25) is 0 Å². The van der Waals surface area contributed by atoms with Crippen LogP contribution in [0, 0.1) is 0 Å². The third-order valence-electron chi connectivity index (χ3n) is 3.77. The zero-order chi connectivity index (χ0) is 13.1. The SMILES string of the molecule is O=C1OCc2cc(OC[C@H]3CCCCCN3)ccc21. The number of carbonyl (C=O) groups excluding carboxylic acids is 1. The second-order valence-electron chi connectivity index (χ2n) is 5.21. The van der Waals surface area contributed by atoms with Gasteiger partial charge in [-0.05, 0) is 37.6 Å². The maximum Gasteiger partial charge on any atom is 0.338 e. The second kappa shape index (κ2) is 5.61. The van der Waals surface area contributed by atoms with Gasteiger partial charge in [-0.25, -0.2) is 4.79 Å². The van der Waals surface area contributed by atoms with Gasteiger partial charge >= 0.3 is 5.97 Å². The molecule has 0 bridgehead atoms. The minimum atomic E-state index is -0.230. The van der Waals surface area contributed by atoms with Crippen LogP contribution in [0.5, 0.6) is 5.75 Å². The summed E-state index contributed by atoms with van der Waals surface area (Å²) in [5.41, 5.74) is 1.59. The number of ether oxygens (including phenoxy) is 2. The van der Waals surface area contributed by atoms with Crippen molar-refractivity contribution in [3.8, 4) is 5.75 Å². The Kier molecular flexibility index (Phi) is 3.69. The molecule has 1 saturated heterocycles. The van der Waals surface area contributed by atoms with E-state index in [1.165, 1.54) is 25.7 Å². The molecule has 1 aromatic rings. The molecule has 4 nitrogen and oxygen atoms in total. The number of cyclic esters (lactones) is 1. The molecule has 0 aliphatic carbocycles. The number of esters is 1. The van der Waals surface area contributed by atoms with Gasteiger partial charge in [0.05, 0.1) is 5.56 Å². The van der Waals surface area contributed by atoms with E-state index >= 15 is 0 Å². The predicted octanol–water partition coefficient (Wildman–Crippen LogP) is 2.27. The van der Waals surface area contributed by atoms with Crippen molar-refractivity contribution in [3.63, 3.8) is 0 Å². The molecular weight excluding hydrogens is 242 g/mol. The average Bonchev–Trinajstić information content (AvgIpc) is 2.66. The topological polar surface area (TPSA) is 47.6 Å². The third-order valence-corrected chi connectivity index (χ3v) is 3.77. The Morgan fingerprint density at radius 2 is 2.26 bits per heavy atom. The number of rotatable bonds is 3. The minimum absolute atomic E-state index is 0.230. The van der Waals surface area contributed by atoms with Gasteiger partial charge in [-0.15, -0.1) is 0 Å². The van der Waals surface area contributed by atoms with Crippen molar-refractivity contribution >= 4 is 5.97 Å². The van der Waals surface area contributed by atoms with E-state index in [-0.39, 0.29) is 5.97 Å². The fourth-order valence-corrected chi connectivity index (χ4v) is 2.64. The molecule has 102 valence electrons. The van der Waals surface area contributed by atoms with Gasteiger partial charge in [-0.3, -0.25) is 0 Å². The molecule has 2 heterocycles. The Bertz CT molecular complexity index is 464. The van der Waals surface area contributed by atoms with E-state index in [0.717, 1.165) is 17.9 Å². The zero-order valence-corrected chi connectivity index (χ0v) is 11.0. The van der Waals surface area contributed by atoms with Gasteiger partial charge in [0.2, 0.25) is 0 Å². The summed E-state index contributed by atoms with van der Waals surface area (Å²) in [4.78, 5) is 11.3. The molecule has 19 heavy (non-hydrogen) atoms. The molecule has 1 fully saturated rings. The fraction of sp³-hybridized carbons (Fsp3) is 0.533. The molecule has 1 aromatic carbocycles. The molecule has 0 spiro atoms. The molecule has 4 heteroatoms. The Morgan fingerprint density at radius 3 is 3.21 bits per heavy atom. The highest BCUT2D eigenvalue weighted by molar-refractivity contribution is 5.93. The molecule has 3 rings (SSSR count). The number of carbonyl (C=O) groups is 1. The first-order chi connectivity index (χ1) is 9.33. The van der Waals surface area contributed by atoms with E-state index in [2.05, 4.69) is 5.32 Å². The lowest BCUT2D eigenvalue weighted by molar-refractivity contribution is 0.0535. The molecule has 0 saturated carbocycles. The summed E-state index contributed by atoms with van der Waals surface area (Å²) in [5.74, 6) is 0.593. The maximum absolute atomic E-state index is 11.3. The predicted molar refractivity (Wildman–Crippen MR) is 71.3 cm³/mol. The largest absolute Gasteiger partial charge is 0.492 e. The lowest BCUT2D eigenvalue weighted by atomic mass is 10.1. The van der Waals surface area contributed by atoms with Crippen molar-refractivity contribution in [1.82, 2.24) is 5.32 Å². The molecule has 1 N–H and O–H groups in total. The summed E-state index contributed by atoms with van der Waals surface area (Å²) in [5, 5.41) is 3.51. The Labute approximate surface area is 113 Å². The molecule has 2 aliphatic heterocycles. The third kappa shape index (κ3) is 2.89. The van der Waals surface area contributed by atoms with Crippen LogP contribution in [0.25, 0.3) is 0 Å². The van der Waals surface area contributed by atoms with Crippen LogP contribution in [0.15, 0.2) is 18.2 Å². The fourth-order valence-electron chi connectivity index (χ4n) is 2.64. The van der Waals surface area contributed by atoms with Gasteiger partial charge in [0, 0.05) is 11.6 Å². The van der Waals surface area contributed by atoms with E-state index in [1.807, 2.05) is 12.1 Å².